The van der Waals surface area contributed by atoms with Crippen LogP contribution in [0.15, 0.2) is 42.5 Å². The van der Waals surface area contributed by atoms with Gasteiger partial charge in [0, 0.05) is 13.1 Å². The van der Waals surface area contributed by atoms with Gasteiger partial charge in [-0.2, -0.15) is 0 Å². The van der Waals surface area contributed by atoms with Crippen molar-refractivity contribution in [1.29, 1.82) is 0 Å². The lowest BCUT2D eigenvalue weighted by Crippen LogP contribution is -2.37. The Balaban J connectivity index is 1.31. The van der Waals surface area contributed by atoms with Crippen molar-refractivity contribution >= 4 is 36.3 Å². The van der Waals surface area contributed by atoms with Gasteiger partial charge in [0.1, 0.15) is 11.9 Å². The molecular weight excluding hydrogens is 416 g/mol. The molecule has 0 bridgehead atoms. The van der Waals surface area contributed by atoms with E-state index < -0.39 is 18.0 Å². The van der Waals surface area contributed by atoms with E-state index in [2.05, 4.69) is 5.32 Å². The molecule has 1 atom stereocenters. The Morgan fingerprint density at radius 1 is 1.22 bits per heavy atom. The number of rotatable bonds is 7. The average Bonchev–Trinajstić information content (AvgIpc) is 3.19. The quantitative estimate of drug-likeness (QED) is 0.602. The molecule has 168 valence electrons. The second-order valence-electron chi connectivity index (χ2n) is 7.81. The van der Waals surface area contributed by atoms with Crippen molar-refractivity contribution in [2.75, 3.05) is 49.2 Å². The molecular formula is C22H25BFN3O5. The SMILES string of the molecule is O=C(Cc1cccc(BO)c1)NC[C@H]1CN(c2ccc(N3CCOCC3)c(F)c2)C(=O)O1. The molecule has 0 radical (unpaired) electrons. The van der Waals surface area contributed by atoms with Crippen LogP contribution in [0.5, 0.6) is 0 Å². The highest BCUT2D eigenvalue weighted by molar-refractivity contribution is 6.45. The first-order valence-corrected chi connectivity index (χ1v) is 10.6. The number of benzene rings is 2. The number of carbonyl (C=O) groups is 2. The van der Waals surface area contributed by atoms with E-state index in [9.17, 15) is 19.0 Å². The fourth-order valence-corrected chi connectivity index (χ4v) is 3.88. The van der Waals surface area contributed by atoms with Crippen molar-refractivity contribution < 1.29 is 28.5 Å². The number of anilines is 2. The predicted molar refractivity (Wildman–Crippen MR) is 119 cm³/mol. The molecule has 2 amide bonds. The maximum atomic E-state index is 14.7. The van der Waals surface area contributed by atoms with Crippen LogP contribution in [0.1, 0.15) is 5.56 Å². The molecule has 0 unspecified atom stereocenters. The Bertz CT molecular complexity index is 986. The maximum Gasteiger partial charge on any atom is 0.414 e. The van der Waals surface area contributed by atoms with Crippen LogP contribution in [-0.2, 0) is 20.7 Å². The molecule has 0 aromatic heterocycles. The summed E-state index contributed by atoms with van der Waals surface area (Å²) in [6.45, 7) is 2.73. The zero-order chi connectivity index (χ0) is 22.5. The van der Waals surface area contributed by atoms with E-state index in [0.717, 1.165) is 11.0 Å². The summed E-state index contributed by atoms with van der Waals surface area (Å²) < 4.78 is 25.3. The lowest BCUT2D eigenvalue weighted by Gasteiger charge is -2.29. The number of morpholine rings is 1. The monoisotopic (exact) mass is 441 g/mol. The van der Waals surface area contributed by atoms with Gasteiger partial charge in [0.05, 0.1) is 44.1 Å². The van der Waals surface area contributed by atoms with Crippen LogP contribution in [0.25, 0.3) is 0 Å². The third kappa shape index (κ3) is 5.20. The Morgan fingerprint density at radius 3 is 2.78 bits per heavy atom. The van der Waals surface area contributed by atoms with Crippen molar-refractivity contribution in [1.82, 2.24) is 5.32 Å². The number of hydrogen-bond donors (Lipinski definition) is 2. The summed E-state index contributed by atoms with van der Waals surface area (Å²) in [5.41, 5.74) is 2.43. The Hall–Kier alpha value is -3.11. The smallest absolute Gasteiger partial charge is 0.414 e. The van der Waals surface area contributed by atoms with Crippen LogP contribution < -0.4 is 20.6 Å². The lowest BCUT2D eigenvalue weighted by atomic mass is 9.87. The van der Waals surface area contributed by atoms with E-state index in [4.69, 9.17) is 9.47 Å². The van der Waals surface area contributed by atoms with E-state index in [1.54, 1.807) is 30.3 Å². The Kier molecular flexibility index (Phi) is 6.91. The molecule has 2 N–H and O–H groups in total. The predicted octanol–water partition coefficient (Wildman–Crippen LogP) is 0.316. The largest absolute Gasteiger partial charge is 0.449 e. The van der Waals surface area contributed by atoms with Crippen molar-refractivity contribution in [3.63, 3.8) is 0 Å². The molecule has 0 aliphatic carbocycles. The molecule has 2 aromatic carbocycles. The third-order valence-corrected chi connectivity index (χ3v) is 5.53. The van der Waals surface area contributed by atoms with Gasteiger partial charge in [-0.05, 0) is 23.8 Å². The zero-order valence-corrected chi connectivity index (χ0v) is 17.6. The molecule has 2 aromatic rings. The summed E-state index contributed by atoms with van der Waals surface area (Å²) in [6, 6.07) is 11.8. The standard InChI is InChI=1S/C22H25BFN3O5/c24-19-12-17(4-5-20(19)26-6-8-31-9-7-26)27-14-18(32-22(27)29)13-25-21(28)11-15-2-1-3-16(10-15)23-30/h1-5,10,12,18,23,30H,6-9,11,13-14H2,(H,25,28)/t18-/m0/s1. The van der Waals surface area contributed by atoms with Gasteiger partial charge in [-0.25, -0.2) is 9.18 Å². The lowest BCUT2D eigenvalue weighted by molar-refractivity contribution is -0.120. The summed E-state index contributed by atoms with van der Waals surface area (Å²) >= 11 is 0. The van der Waals surface area contributed by atoms with Gasteiger partial charge in [0.2, 0.25) is 5.91 Å². The highest BCUT2D eigenvalue weighted by atomic mass is 19.1. The molecule has 0 spiro atoms. The first kappa shape index (κ1) is 22.1. The van der Waals surface area contributed by atoms with Gasteiger partial charge in [0.25, 0.3) is 0 Å². The molecule has 2 saturated heterocycles. The Labute approximate surface area is 186 Å². The average molecular weight is 441 g/mol. The number of nitrogens with zero attached hydrogens (tertiary/aromatic N) is 2. The molecule has 10 heteroatoms. The minimum atomic E-state index is -0.571. The summed E-state index contributed by atoms with van der Waals surface area (Å²) in [5.74, 6) is -0.616. The third-order valence-electron chi connectivity index (χ3n) is 5.53. The van der Waals surface area contributed by atoms with Crippen molar-refractivity contribution in [3.05, 3.63) is 53.8 Å². The second kappa shape index (κ2) is 10.0. The van der Waals surface area contributed by atoms with Gasteiger partial charge in [-0.3, -0.25) is 9.69 Å². The van der Waals surface area contributed by atoms with Gasteiger partial charge in [-0.15, -0.1) is 0 Å². The first-order valence-electron chi connectivity index (χ1n) is 10.6. The highest BCUT2D eigenvalue weighted by Crippen LogP contribution is 2.28. The number of hydrogen-bond acceptors (Lipinski definition) is 6. The summed E-state index contributed by atoms with van der Waals surface area (Å²) in [6.07, 6.45) is -0.942. The van der Waals surface area contributed by atoms with Crippen LogP contribution in [0, 0.1) is 5.82 Å². The van der Waals surface area contributed by atoms with Crippen LogP contribution >= 0.6 is 0 Å². The molecule has 4 rings (SSSR count). The van der Waals surface area contributed by atoms with Crippen LogP contribution in [0.2, 0.25) is 0 Å². The fourth-order valence-electron chi connectivity index (χ4n) is 3.88. The highest BCUT2D eigenvalue weighted by Gasteiger charge is 2.33. The van der Waals surface area contributed by atoms with E-state index in [1.165, 1.54) is 11.0 Å². The Morgan fingerprint density at radius 2 is 2.03 bits per heavy atom. The van der Waals surface area contributed by atoms with Crippen molar-refractivity contribution in [3.8, 4) is 0 Å². The number of carbonyl (C=O) groups excluding carboxylic acids is 2. The first-order chi connectivity index (χ1) is 15.5. The molecule has 8 nitrogen and oxygen atoms in total. The van der Waals surface area contributed by atoms with E-state index in [0.29, 0.717) is 37.7 Å². The van der Waals surface area contributed by atoms with Crippen molar-refractivity contribution in [2.24, 2.45) is 0 Å². The molecule has 0 saturated carbocycles. The summed E-state index contributed by atoms with van der Waals surface area (Å²) in [4.78, 5) is 27.8. The number of ether oxygens (including phenoxy) is 2. The number of halogens is 1. The van der Waals surface area contributed by atoms with Gasteiger partial charge in [0.15, 0.2) is 0 Å². The van der Waals surface area contributed by atoms with E-state index >= 15 is 0 Å². The maximum absolute atomic E-state index is 14.7. The van der Waals surface area contributed by atoms with Crippen molar-refractivity contribution in [2.45, 2.75) is 12.5 Å². The number of cyclic esters (lactones) is 1. The normalized spacial score (nSPS) is 18.4. The molecule has 2 aliphatic rings. The molecule has 2 heterocycles. The van der Waals surface area contributed by atoms with Crippen LogP contribution in [0.4, 0.5) is 20.6 Å². The van der Waals surface area contributed by atoms with Gasteiger partial charge in [-0.1, -0.05) is 29.7 Å². The van der Waals surface area contributed by atoms with Gasteiger partial charge < -0.3 is 24.7 Å². The summed E-state index contributed by atoms with van der Waals surface area (Å²) in [7, 11) is -0.0860. The number of amides is 2. The van der Waals surface area contributed by atoms with Crippen LogP contribution in [-0.4, -0.2) is 70.0 Å². The number of nitrogens with one attached hydrogen (secondary N) is 1. The minimum Gasteiger partial charge on any atom is -0.449 e. The molecule has 32 heavy (non-hydrogen) atoms. The van der Waals surface area contributed by atoms with Gasteiger partial charge >= 0.3 is 13.6 Å². The summed E-state index contributed by atoms with van der Waals surface area (Å²) in [5, 5.41) is 12.0. The van der Waals surface area contributed by atoms with E-state index in [-0.39, 0.29) is 32.9 Å². The fraction of sp³-hybridized carbons (Fsp3) is 0.364. The minimum absolute atomic E-state index is 0.0860. The zero-order valence-electron chi connectivity index (χ0n) is 17.6. The molecule has 2 fully saturated rings. The second-order valence-corrected chi connectivity index (χ2v) is 7.81. The van der Waals surface area contributed by atoms with Crippen LogP contribution in [0.3, 0.4) is 0 Å². The van der Waals surface area contributed by atoms with E-state index in [1.807, 2.05) is 11.0 Å². The molecule has 2 aliphatic heterocycles. The topological polar surface area (TPSA) is 91.3 Å².